The number of nitrogens with zero attached hydrogens (tertiary/aromatic N) is 2. The van der Waals surface area contributed by atoms with Gasteiger partial charge in [0.1, 0.15) is 0 Å². The third-order valence-electron chi connectivity index (χ3n) is 6.84. The summed E-state index contributed by atoms with van der Waals surface area (Å²) in [6, 6.07) is 0. The van der Waals surface area contributed by atoms with E-state index in [-0.39, 0.29) is 5.66 Å². The molecule has 176 valence electrons. The van der Waals surface area contributed by atoms with Gasteiger partial charge in [0.25, 0.3) is 0 Å². The molecular weight excluding hydrogens is 366 g/mol. The van der Waals surface area contributed by atoms with Crippen molar-refractivity contribution in [3.63, 3.8) is 0 Å². The average Bonchev–Trinajstić information content (AvgIpc) is 3.31. The number of imidazole rings is 1. The van der Waals surface area contributed by atoms with E-state index in [1.165, 1.54) is 122 Å². The van der Waals surface area contributed by atoms with Gasteiger partial charge in [0.2, 0.25) is 0 Å². The van der Waals surface area contributed by atoms with Crippen LogP contribution in [-0.4, -0.2) is 9.55 Å². The smallest absolute Gasteiger partial charge is 0.0961 e. The molecule has 0 aliphatic carbocycles. The van der Waals surface area contributed by atoms with Gasteiger partial charge in [0.15, 0.2) is 0 Å². The molecule has 0 saturated carbocycles. The summed E-state index contributed by atoms with van der Waals surface area (Å²) in [5.41, 5.74) is 6.32. The summed E-state index contributed by atoms with van der Waals surface area (Å²) in [7, 11) is 0. The predicted octanol–water partition coefficient (Wildman–Crippen LogP) is 8.73. The Kier molecular flexibility index (Phi) is 17.1. The van der Waals surface area contributed by atoms with E-state index < -0.39 is 0 Å². The van der Waals surface area contributed by atoms with Gasteiger partial charge in [-0.05, 0) is 19.3 Å². The van der Waals surface area contributed by atoms with Crippen molar-refractivity contribution in [1.82, 2.24) is 9.55 Å². The van der Waals surface area contributed by atoms with Crippen LogP contribution in [0.4, 0.5) is 0 Å². The highest BCUT2D eigenvalue weighted by Crippen LogP contribution is 2.22. The van der Waals surface area contributed by atoms with E-state index in [1.807, 2.05) is 18.7 Å². The van der Waals surface area contributed by atoms with E-state index in [0.717, 1.165) is 12.8 Å². The van der Waals surface area contributed by atoms with Crippen molar-refractivity contribution < 1.29 is 0 Å². The van der Waals surface area contributed by atoms with Gasteiger partial charge in [0.05, 0.1) is 12.0 Å². The second-order valence-electron chi connectivity index (χ2n) is 9.54. The normalized spacial score (nSPS) is 13.6. The summed E-state index contributed by atoms with van der Waals surface area (Å²) in [5.74, 6) is 0. The van der Waals surface area contributed by atoms with Gasteiger partial charge in [-0.2, -0.15) is 0 Å². The Labute approximate surface area is 188 Å². The highest BCUT2D eigenvalue weighted by Gasteiger charge is 2.23. The Morgan fingerprint density at radius 2 is 1.03 bits per heavy atom. The Hall–Kier alpha value is -0.830. The third-order valence-corrected chi connectivity index (χ3v) is 6.84. The SMILES string of the molecule is CCCCCCCCCCCCCCCCCCCCCC(N)(CC)n1ccnc1. The summed E-state index contributed by atoms with van der Waals surface area (Å²) in [5, 5.41) is 0. The minimum atomic E-state index is -0.245. The first kappa shape index (κ1) is 27.2. The number of nitrogens with two attached hydrogens (primary N) is 1. The molecule has 30 heavy (non-hydrogen) atoms. The van der Waals surface area contributed by atoms with Crippen LogP contribution < -0.4 is 5.73 Å². The molecule has 0 saturated heterocycles. The van der Waals surface area contributed by atoms with E-state index in [4.69, 9.17) is 5.73 Å². The Bertz CT molecular complexity index is 457. The quantitative estimate of drug-likeness (QED) is 0.191. The number of rotatable bonds is 22. The second-order valence-corrected chi connectivity index (χ2v) is 9.54. The number of unbranched alkanes of at least 4 members (excludes halogenated alkanes) is 18. The predicted molar refractivity (Wildman–Crippen MR) is 133 cm³/mol. The first-order chi connectivity index (χ1) is 14.7. The maximum absolute atomic E-state index is 6.56. The molecular formula is C27H53N3. The maximum atomic E-state index is 6.56. The van der Waals surface area contributed by atoms with Gasteiger partial charge in [0, 0.05) is 12.4 Å². The zero-order chi connectivity index (χ0) is 21.8. The highest BCUT2D eigenvalue weighted by atomic mass is 15.2. The summed E-state index contributed by atoms with van der Waals surface area (Å²) in [4.78, 5) is 4.15. The molecule has 0 amide bonds. The van der Waals surface area contributed by atoms with Gasteiger partial charge in [-0.3, -0.25) is 0 Å². The molecule has 0 spiro atoms. The van der Waals surface area contributed by atoms with Crippen LogP contribution in [0.3, 0.4) is 0 Å². The zero-order valence-electron chi connectivity index (χ0n) is 20.6. The van der Waals surface area contributed by atoms with Crippen molar-refractivity contribution in [3.05, 3.63) is 18.7 Å². The first-order valence-electron chi connectivity index (χ1n) is 13.5. The van der Waals surface area contributed by atoms with Crippen molar-refractivity contribution in [1.29, 1.82) is 0 Å². The molecule has 1 heterocycles. The van der Waals surface area contributed by atoms with Gasteiger partial charge in [-0.1, -0.05) is 129 Å². The van der Waals surface area contributed by atoms with Crippen LogP contribution in [0.1, 0.15) is 149 Å². The van der Waals surface area contributed by atoms with Crippen molar-refractivity contribution in [2.24, 2.45) is 5.73 Å². The summed E-state index contributed by atoms with van der Waals surface area (Å²) < 4.78 is 2.08. The summed E-state index contributed by atoms with van der Waals surface area (Å²) >= 11 is 0. The second kappa shape index (κ2) is 18.9. The van der Waals surface area contributed by atoms with Crippen LogP contribution in [0.25, 0.3) is 0 Å². The van der Waals surface area contributed by atoms with Crippen molar-refractivity contribution in [2.75, 3.05) is 0 Å². The fraction of sp³-hybridized carbons (Fsp3) is 0.889. The number of aromatic nitrogens is 2. The molecule has 1 aromatic heterocycles. The monoisotopic (exact) mass is 419 g/mol. The van der Waals surface area contributed by atoms with E-state index in [1.54, 1.807) is 0 Å². The lowest BCUT2D eigenvalue weighted by Crippen LogP contribution is -2.41. The standard InChI is InChI=1S/C27H53N3/c1-3-5-6-7-8-9-10-11-12-13-14-15-16-17-18-19-20-21-22-23-27(28,4-2)30-25-24-29-26-30/h24-26H,3-23,28H2,1-2H3. The molecule has 1 atom stereocenters. The minimum Gasteiger partial charge on any atom is -0.319 e. The highest BCUT2D eigenvalue weighted by molar-refractivity contribution is 4.87. The zero-order valence-corrected chi connectivity index (χ0v) is 20.6. The molecule has 0 aliphatic rings. The summed E-state index contributed by atoms with van der Waals surface area (Å²) in [6.45, 7) is 4.47. The topological polar surface area (TPSA) is 43.8 Å². The van der Waals surface area contributed by atoms with Crippen LogP contribution >= 0.6 is 0 Å². The fourth-order valence-corrected chi connectivity index (χ4v) is 4.52. The van der Waals surface area contributed by atoms with Gasteiger partial charge in [-0.15, -0.1) is 0 Å². The molecule has 0 radical (unpaired) electrons. The maximum Gasteiger partial charge on any atom is 0.0961 e. The number of hydrogen-bond acceptors (Lipinski definition) is 2. The van der Waals surface area contributed by atoms with Gasteiger partial charge >= 0.3 is 0 Å². The Morgan fingerprint density at radius 3 is 1.37 bits per heavy atom. The van der Waals surface area contributed by atoms with Crippen LogP contribution in [0.15, 0.2) is 18.7 Å². The molecule has 0 fully saturated rings. The molecule has 3 nitrogen and oxygen atoms in total. The van der Waals surface area contributed by atoms with Crippen molar-refractivity contribution in [3.8, 4) is 0 Å². The molecule has 3 heteroatoms. The largest absolute Gasteiger partial charge is 0.319 e. The molecule has 2 N–H and O–H groups in total. The van der Waals surface area contributed by atoms with Crippen molar-refractivity contribution >= 4 is 0 Å². The lowest BCUT2D eigenvalue weighted by molar-refractivity contribution is 0.250. The van der Waals surface area contributed by atoms with Crippen LogP contribution in [0.5, 0.6) is 0 Å². The van der Waals surface area contributed by atoms with E-state index in [2.05, 4.69) is 23.4 Å². The Morgan fingerprint density at radius 1 is 0.633 bits per heavy atom. The number of hydrogen-bond donors (Lipinski definition) is 1. The Balaban J connectivity index is 1.79. The molecule has 0 bridgehead atoms. The minimum absolute atomic E-state index is 0.245. The van der Waals surface area contributed by atoms with Crippen LogP contribution in [0, 0.1) is 0 Å². The molecule has 0 aliphatic heterocycles. The molecule has 1 aromatic rings. The molecule has 1 unspecified atom stereocenters. The lowest BCUT2D eigenvalue weighted by Gasteiger charge is -2.29. The average molecular weight is 420 g/mol. The third kappa shape index (κ3) is 13.5. The van der Waals surface area contributed by atoms with E-state index in [9.17, 15) is 0 Å². The van der Waals surface area contributed by atoms with Crippen molar-refractivity contribution in [2.45, 2.75) is 154 Å². The van der Waals surface area contributed by atoms with E-state index in [0.29, 0.717) is 0 Å². The first-order valence-corrected chi connectivity index (χ1v) is 13.5. The van der Waals surface area contributed by atoms with Gasteiger partial charge < -0.3 is 10.3 Å². The van der Waals surface area contributed by atoms with Crippen LogP contribution in [-0.2, 0) is 5.66 Å². The lowest BCUT2D eigenvalue weighted by atomic mass is 9.98. The molecule has 0 aromatic carbocycles. The van der Waals surface area contributed by atoms with Gasteiger partial charge in [-0.25, -0.2) is 4.98 Å². The fourth-order valence-electron chi connectivity index (χ4n) is 4.52. The molecule has 1 rings (SSSR count). The van der Waals surface area contributed by atoms with E-state index >= 15 is 0 Å². The van der Waals surface area contributed by atoms with Crippen LogP contribution in [0.2, 0.25) is 0 Å². The summed E-state index contributed by atoms with van der Waals surface area (Å²) in [6.07, 6.45) is 34.7.